The molecule has 1 aromatic heterocycles. The van der Waals surface area contributed by atoms with E-state index in [4.69, 9.17) is 9.47 Å². The van der Waals surface area contributed by atoms with Crippen molar-refractivity contribution in [1.82, 2.24) is 4.98 Å². The van der Waals surface area contributed by atoms with E-state index in [1.807, 2.05) is 55.5 Å². The highest BCUT2D eigenvalue weighted by molar-refractivity contribution is 5.91. The maximum atomic E-state index is 11.6. The Balaban J connectivity index is 1.51. The molecule has 30 heavy (non-hydrogen) atoms. The second-order valence-corrected chi connectivity index (χ2v) is 8.26. The number of carboxylic acid groups (broad SMARTS) is 1. The van der Waals surface area contributed by atoms with Crippen LogP contribution in [0.15, 0.2) is 54.6 Å². The lowest BCUT2D eigenvalue weighted by Crippen LogP contribution is -2.25. The molecule has 0 bridgehead atoms. The summed E-state index contributed by atoms with van der Waals surface area (Å²) in [6.45, 7) is 7.79. The summed E-state index contributed by atoms with van der Waals surface area (Å²) in [5.74, 6) is -0.906. The Labute approximate surface area is 177 Å². The molecule has 1 heterocycles. The van der Waals surface area contributed by atoms with E-state index in [0.717, 1.165) is 22.2 Å². The van der Waals surface area contributed by atoms with Crippen molar-refractivity contribution in [2.45, 2.75) is 40.4 Å². The monoisotopic (exact) mass is 407 g/mol. The molecule has 0 spiro atoms. The zero-order chi connectivity index (χ0) is 21.6. The first-order valence-corrected chi connectivity index (χ1v) is 10.2. The van der Waals surface area contributed by atoms with Gasteiger partial charge in [-0.05, 0) is 29.7 Å². The highest BCUT2D eigenvalue weighted by Gasteiger charge is 2.20. The van der Waals surface area contributed by atoms with Crippen LogP contribution in [-0.2, 0) is 29.1 Å². The second kappa shape index (κ2) is 9.83. The van der Waals surface area contributed by atoms with Gasteiger partial charge in [0.1, 0.15) is 0 Å². The molecule has 0 amide bonds. The summed E-state index contributed by atoms with van der Waals surface area (Å²) < 4.78 is 11.8. The van der Waals surface area contributed by atoms with Crippen LogP contribution in [-0.4, -0.2) is 29.3 Å². The van der Waals surface area contributed by atoms with Gasteiger partial charge in [0, 0.05) is 10.8 Å². The van der Waals surface area contributed by atoms with E-state index in [0.29, 0.717) is 37.4 Å². The topological polar surface area (TPSA) is 68.7 Å². The first-order valence-electron chi connectivity index (χ1n) is 10.2. The molecule has 5 heteroatoms. The number of carboxylic acids is 1. The third-order valence-electron chi connectivity index (χ3n) is 4.98. The van der Waals surface area contributed by atoms with Gasteiger partial charge in [-0.15, -0.1) is 0 Å². The predicted molar refractivity (Wildman–Crippen MR) is 118 cm³/mol. The molecule has 0 atom stereocenters. The van der Waals surface area contributed by atoms with Crippen molar-refractivity contribution in [2.24, 2.45) is 5.41 Å². The molecule has 0 saturated carbocycles. The van der Waals surface area contributed by atoms with Gasteiger partial charge in [-0.2, -0.15) is 0 Å². The van der Waals surface area contributed by atoms with Crippen molar-refractivity contribution in [2.75, 3.05) is 13.2 Å². The molecule has 0 aliphatic carbocycles. The van der Waals surface area contributed by atoms with Crippen LogP contribution in [0.2, 0.25) is 0 Å². The quantitative estimate of drug-likeness (QED) is 0.497. The lowest BCUT2D eigenvalue weighted by molar-refractivity contribution is -0.0151. The number of pyridine rings is 1. The molecule has 3 rings (SSSR count). The number of aromatic nitrogens is 1. The van der Waals surface area contributed by atoms with Gasteiger partial charge >= 0.3 is 5.97 Å². The Morgan fingerprint density at radius 2 is 1.63 bits per heavy atom. The van der Waals surface area contributed by atoms with Crippen molar-refractivity contribution in [3.63, 3.8) is 0 Å². The van der Waals surface area contributed by atoms with Gasteiger partial charge in [0.05, 0.1) is 43.2 Å². The summed E-state index contributed by atoms with van der Waals surface area (Å²) in [5.41, 5.74) is 3.55. The van der Waals surface area contributed by atoms with Crippen LogP contribution >= 0.6 is 0 Å². The van der Waals surface area contributed by atoms with E-state index in [1.54, 1.807) is 0 Å². The summed E-state index contributed by atoms with van der Waals surface area (Å²) in [6, 6.07) is 17.6. The summed E-state index contributed by atoms with van der Waals surface area (Å²) in [4.78, 5) is 16.3. The van der Waals surface area contributed by atoms with E-state index in [9.17, 15) is 9.90 Å². The highest BCUT2D eigenvalue weighted by Crippen LogP contribution is 2.21. The minimum absolute atomic E-state index is 0.206. The zero-order valence-electron chi connectivity index (χ0n) is 17.9. The first kappa shape index (κ1) is 21.9. The van der Waals surface area contributed by atoms with Crippen LogP contribution in [0.3, 0.4) is 0 Å². The van der Waals surface area contributed by atoms with E-state index < -0.39 is 5.97 Å². The van der Waals surface area contributed by atoms with E-state index >= 15 is 0 Å². The SMILES string of the molecule is CCc1cccc(COCC(C)(C)COCc2ccc3ccccc3n2)c1C(=O)O. The van der Waals surface area contributed by atoms with E-state index in [1.165, 1.54) is 0 Å². The number of aromatic carboxylic acids is 1. The predicted octanol–water partition coefficient (Wildman–Crippen LogP) is 5.26. The van der Waals surface area contributed by atoms with Gasteiger partial charge in [-0.25, -0.2) is 4.79 Å². The lowest BCUT2D eigenvalue weighted by atomic mass is 9.96. The number of ether oxygens (including phenoxy) is 2. The van der Waals surface area contributed by atoms with Crippen molar-refractivity contribution < 1.29 is 19.4 Å². The average molecular weight is 408 g/mol. The summed E-state index contributed by atoms with van der Waals surface area (Å²) in [6.07, 6.45) is 0.678. The van der Waals surface area contributed by atoms with Crippen LogP contribution < -0.4 is 0 Å². The van der Waals surface area contributed by atoms with Crippen LogP contribution in [0.25, 0.3) is 10.9 Å². The van der Waals surface area contributed by atoms with Gasteiger partial charge < -0.3 is 14.6 Å². The number of benzene rings is 2. The fraction of sp³-hybridized carbons (Fsp3) is 0.360. The molecule has 5 nitrogen and oxygen atoms in total. The molecule has 0 aliphatic rings. The molecular weight excluding hydrogens is 378 g/mol. The fourth-order valence-electron chi connectivity index (χ4n) is 3.44. The largest absolute Gasteiger partial charge is 0.478 e. The molecule has 158 valence electrons. The van der Waals surface area contributed by atoms with Gasteiger partial charge in [-0.3, -0.25) is 4.98 Å². The molecule has 0 fully saturated rings. The van der Waals surface area contributed by atoms with Gasteiger partial charge in [0.2, 0.25) is 0 Å². The molecule has 0 aliphatic heterocycles. The molecule has 3 aromatic rings. The molecule has 1 N–H and O–H groups in total. The third-order valence-corrected chi connectivity index (χ3v) is 4.98. The number of aryl methyl sites for hydroxylation is 1. The van der Waals surface area contributed by atoms with E-state index in [-0.39, 0.29) is 12.0 Å². The summed E-state index contributed by atoms with van der Waals surface area (Å²) >= 11 is 0. The van der Waals surface area contributed by atoms with Gasteiger partial charge in [-0.1, -0.05) is 63.2 Å². The standard InChI is InChI=1S/C25H29NO4/c1-4-18-9-7-10-20(23(18)24(27)28)14-29-16-25(2,3)17-30-15-21-13-12-19-8-5-6-11-22(19)26-21/h5-13H,4,14-17H2,1-3H3,(H,27,28). The maximum Gasteiger partial charge on any atom is 0.336 e. The fourth-order valence-corrected chi connectivity index (χ4v) is 3.44. The Kier molecular flexibility index (Phi) is 7.19. The third kappa shape index (κ3) is 5.65. The normalized spacial score (nSPS) is 11.7. The number of hydrogen-bond donors (Lipinski definition) is 1. The smallest absolute Gasteiger partial charge is 0.336 e. The molecule has 0 saturated heterocycles. The number of fused-ring (bicyclic) bond motifs is 1. The van der Waals surface area contributed by atoms with Crippen molar-refractivity contribution in [3.8, 4) is 0 Å². The Morgan fingerprint density at radius 3 is 2.37 bits per heavy atom. The number of carbonyl (C=O) groups is 1. The Morgan fingerprint density at radius 1 is 0.933 bits per heavy atom. The van der Waals surface area contributed by atoms with Crippen molar-refractivity contribution in [1.29, 1.82) is 0 Å². The van der Waals surface area contributed by atoms with Gasteiger partial charge in [0.15, 0.2) is 0 Å². The molecule has 0 unspecified atom stereocenters. The molecule has 0 radical (unpaired) electrons. The van der Waals surface area contributed by atoms with Crippen molar-refractivity contribution in [3.05, 3.63) is 77.0 Å². The van der Waals surface area contributed by atoms with E-state index in [2.05, 4.69) is 24.9 Å². The van der Waals surface area contributed by atoms with Crippen LogP contribution in [0.4, 0.5) is 0 Å². The van der Waals surface area contributed by atoms with Crippen LogP contribution in [0, 0.1) is 5.41 Å². The molecule has 2 aromatic carbocycles. The van der Waals surface area contributed by atoms with Crippen molar-refractivity contribution >= 4 is 16.9 Å². The van der Waals surface area contributed by atoms with Gasteiger partial charge in [0.25, 0.3) is 0 Å². The Hall–Kier alpha value is -2.76. The first-order chi connectivity index (χ1) is 14.4. The second-order valence-electron chi connectivity index (χ2n) is 8.26. The molecular formula is C25H29NO4. The number of nitrogens with zero attached hydrogens (tertiary/aromatic N) is 1. The number of para-hydroxylation sites is 1. The highest BCUT2D eigenvalue weighted by atomic mass is 16.5. The van der Waals surface area contributed by atoms with Crippen LogP contribution in [0.1, 0.15) is 48.0 Å². The lowest BCUT2D eigenvalue weighted by Gasteiger charge is -2.24. The maximum absolute atomic E-state index is 11.6. The summed E-state index contributed by atoms with van der Waals surface area (Å²) in [7, 11) is 0. The number of hydrogen-bond acceptors (Lipinski definition) is 4. The zero-order valence-corrected chi connectivity index (χ0v) is 17.9. The minimum Gasteiger partial charge on any atom is -0.478 e. The Bertz CT molecular complexity index is 1010. The van der Waals surface area contributed by atoms with Crippen LogP contribution in [0.5, 0.6) is 0 Å². The average Bonchev–Trinajstić information content (AvgIpc) is 2.73. The summed E-state index contributed by atoms with van der Waals surface area (Å²) in [5, 5.41) is 10.7. The number of rotatable bonds is 10. The minimum atomic E-state index is -0.906.